The Bertz CT molecular complexity index is 321. The molecule has 0 unspecified atom stereocenters. The molecule has 0 aliphatic rings. The Morgan fingerprint density at radius 3 is 1.00 bits per heavy atom. The summed E-state index contributed by atoms with van der Waals surface area (Å²) in [7, 11) is -9.49. The molecule has 0 amide bonds. The van der Waals surface area contributed by atoms with Crippen molar-refractivity contribution in [2.75, 3.05) is 0 Å². The van der Waals surface area contributed by atoms with Gasteiger partial charge in [-0.2, -0.15) is 16.8 Å². The second kappa shape index (κ2) is 4.32. The molecule has 0 fully saturated rings. The number of rotatable bonds is 0. The largest absolute Gasteiger partial charge is 0.468 e. The zero-order chi connectivity index (χ0) is 10.6. The highest BCUT2D eigenvalue weighted by Gasteiger charge is 2.14. The molecule has 0 atom stereocenters. The number of hydrogen-bond donors (Lipinski definition) is 4. The third-order valence-electron chi connectivity index (χ3n) is 0.221. The van der Waals surface area contributed by atoms with Crippen LogP contribution in [-0.2, 0) is 20.5 Å². The highest BCUT2D eigenvalue weighted by Crippen LogP contribution is 1.79. The van der Waals surface area contributed by atoms with Crippen LogP contribution in [0.2, 0.25) is 0 Å². The first-order valence-corrected chi connectivity index (χ1v) is 4.68. The first-order chi connectivity index (χ1) is 4.94. The maximum Gasteiger partial charge on any atom is 0.449 e. The summed E-state index contributed by atoms with van der Waals surface area (Å²) in [6, 6.07) is 0. The van der Waals surface area contributed by atoms with E-state index in [0.717, 1.165) is 0 Å². The van der Waals surface area contributed by atoms with E-state index < -0.39 is 25.8 Å². The van der Waals surface area contributed by atoms with Crippen LogP contribution in [0, 0.1) is 0 Å². The second-order valence-corrected chi connectivity index (χ2v) is 3.38. The van der Waals surface area contributed by atoms with Gasteiger partial charge in [0, 0.05) is 0 Å². The van der Waals surface area contributed by atoms with Crippen molar-refractivity contribution in [3.05, 3.63) is 0 Å². The Kier molecular flexibility index (Phi) is 4.97. The third-order valence-corrected chi connectivity index (χ3v) is 0.662. The van der Waals surface area contributed by atoms with Crippen molar-refractivity contribution < 1.29 is 40.4 Å². The molecule has 4 N–H and O–H groups in total. The fourth-order valence-corrected chi connectivity index (χ4v) is 0. The second-order valence-electron chi connectivity index (χ2n) is 1.19. The molecule has 0 saturated heterocycles. The molecule has 0 aliphatic carbocycles. The number of carbonyl (C=O) groups is 1. The molecule has 9 nitrogen and oxygen atoms in total. The molecule has 0 aromatic carbocycles. The monoisotopic (exact) mass is 224 g/mol. The van der Waals surface area contributed by atoms with Crippen LogP contribution in [0.1, 0.15) is 0 Å². The lowest BCUT2D eigenvalue weighted by atomic mass is 11.6. The van der Waals surface area contributed by atoms with Gasteiger partial charge in [-0.25, -0.2) is 4.79 Å². The Balaban J connectivity index is 0. The van der Waals surface area contributed by atoms with E-state index in [-0.39, 0.29) is 0 Å². The van der Waals surface area contributed by atoms with Gasteiger partial charge in [0.15, 0.2) is 0 Å². The summed E-state index contributed by atoms with van der Waals surface area (Å²) in [5.74, 6) is 0. The molecule has 0 heterocycles. The Morgan fingerprint density at radius 1 is 0.917 bits per heavy atom. The number of hydrogen-bond acceptors (Lipinski definition) is 5. The molecule has 0 saturated carbocycles. The van der Waals surface area contributed by atoms with Crippen molar-refractivity contribution in [2.45, 2.75) is 0 Å². The highest BCUT2D eigenvalue weighted by atomic mass is 32.3. The summed E-state index contributed by atoms with van der Waals surface area (Å²) >= 11 is 0. The quantitative estimate of drug-likeness (QED) is 0.373. The van der Waals surface area contributed by atoms with Gasteiger partial charge in [-0.1, -0.05) is 0 Å². The molecule has 0 spiro atoms. The van der Waals surface area contributed by atoms with Gasteiger partial charge in [0.05, 0.1) is 0 Å². The summed E-state index contributed by atoms with van der Waals surface area (Å²) in [6.07, 6.45) is 0. The summed E-state index contributed by atoms with van der Waals surface area (Å²) in [6.45, 7) is 0. The van der Waals surface area contributed by atoms with Gasteiger partial charge < -0.3 is 5.11 Å². The normalized spacial score (nSPS) is 11.2. The molecule has 74 valence electrons. The van der Waals surface area contributed by atoms with Gasteiger partial charge in [0.2, 0.25) is 0 Å². The first kappa shape index (κ1) is 13.8. The third kappa shape index (κ3) is 22.8. The van der Waals surface area contributed by atoms with Crippen molar-refractivity contribution in [2.24, 2.45) is 0 Å². The van der Waals surface area contributed by atoms with E-state index in [2.05, 4.69) is 0 Å². The molecule has 0 bridgehead atoms. The minimum Gasteiger partial charge on any atom is -0.468 e. The smallest absolute Gasteiger partial charge is 0.449 e. The molecule has 12 heavy (non-hydrogen) atoms. The lowest BCUT2D eigenvalue weighted by Gasteiger charge is -1.78. The van der Waals surface area contributed by atoms with Crippen LogP contribution in [0.5, 0.6) is 0 Å². The fourth-order valence-electron chi connectivity index (χ4n) is 0. The van der Waals surface area contributed by atoms with Crippen molar-refractivity contribution in [3.8, 4) is 0 Å². The summed E-state index contributed by atoms with van der Waals surface area (Å²) in [5.41, 5.74) is 0. The van der Waals surface area contributed by atoms with E-state index in [9.17, 15) is 13.2 Å². The molecular weight excluding hydrogens is 220 g/mol. The molecule has 0 aliphatic heterocycles. The van der Waals surface area contributed by atoms with E-state index in [1.165, 1.54) is 0 Å². The van der Waals surface area contributed by atoms with Gasteiger partial charge in [-0.15, -0.1) is 0 Å². The number of carboxylic acid groups (broad SMARTS) is 1. The van der Waals surface area contributed by atoms with E-state index in [0.29, 0.717) is 0 Å². The SMILES string of the molecule is O=C(O)S(=O)(=O)O.O=S(=O)(O)O. The molecule has 0 radical (unpaired) electrons. The van der Waals surface area contributed by atoms with Gasteiger partial charge >= 0.3 is 25.8 Å². The molecule has 0 aromatic rings. The van der Waals surface area contributed by atoms with Crippen LogP contribution in [0.3, 0.4) is 0 Å². The zero-order valence-corrected chi connectivity index (χ0v) is 6.78. The van der Waals surface area contributed by atoms with Crippen LogP contribution in [-0.4, -0.2) is 40.9 Å². The van der Waals surface area contributed by atoms with E-state index >= 15 is 0 Å². The Morgan fingerprint density at radius 2 is 1.00 bits per heavy atom. The minimum absolute atomic E-state index is 2.23. The summed E-state index contributed by atoms with van der Waals surface area (Å²) in [4.78, 5) is 9.18. The molecular formula is CH4O9S2. The maximum atomic E-state index is 9.29. The summed E-state index contributed by atoms with van der Waals surface area (Å²) < 4.78 is 57.6. The van der Waals surface area contributed by atoms with Crippen LogP contribution in [0.25, 0.3) is 0 Å². The standard InChI is InChI=1S/CH2O5S.H2O4S/c2-1(3)7(4,5)6;1-5(2,3)4/h(H,2,3)(H,4,5,6);(H2,1,2,3,4). The lowest BCUT2D eigenvalue weighted by molar-refractivity contribution is 0.216. The average molecular weight is 224 g/mol. The minimum atomic E-state index is -4.82. The fraction of sp³-hybridized carbons (Fsp3) is 0. The van der Waals surface area contributed by atoms with Crippen molar-refractivity contribution in [1.29, 1.82) is 0 Å². The van der Waals surface area contributed by atoms with E-state index in [4.69, 9.17) is 27.2 Å². The predicted molar refractivity (Wildman–Crippen MR) is 33.8 cm³/mol. The Labute approximate surface area is 67.0 Å². The summed E-state index contributed by atoms with van der Waals surface area (Å²) in [5, 5.41) is 5.18. The first-order valence-electron chi connectivity index (χ1n) is 1.85. The van der Waals surface area contributed by atoms with Crippen LogP contribution < -0.4 is 0 Å². The van der Waals surface area contributed by atoms with Gasteiger partial charge in [-0.05, 0) is 0 Å². The van der Waals surface area contributed by atoms with Crippen LogP contribution in [0.4, 0.5) is 4.79 Å². The Hall–Kier alpha value is -0.750. The van der Waals surface area contributed by atoms with Crippen LogP contribution >= 0.6 is 0 Å². The maximum absolute atomic E-state index is 9.29. The lowest BCUT2D eigenvalue weighted by Crippen LogP contribution is -2.08. The molecule has 0 rings (SSSR count). The zero-order valence-electron chi connectivity index (χ0n) is 5.15. The van der Waals surface area contributed by atoms with Gasteiger partial charge in [0.1, 0.15) is 0 Å². The van der Waals surface area contributed by atoms with Crippen molar-refractivity contribution in [1.82, 2.24) is 0 Å². The van der Waals surface area contributed by atoms with Crippen molar-refractivity contribution in [3.63, 3.8) is 0 Å². The molecule has 0 aromatic heterocycles. The average Bonchev–Trinajstić information content (AvgIpc) is 1.55. The highest BCUT2D eigenvalue weighted by molar-refractivity contribution is 8.00. The van der Waals surface area contributed by atoms with Crippen LogP contribution in [0.15, 0.2) is 0 Å². The van der Waals surface area contributed by atoms with E-state index in [1.807, 2.05) is 0 Å². The predicted octanol–water partition coefficient (Wildman–Crippen LogP) is -1.10. The van der Waals surface area contributed by atoms with Gasteiger partial charge in [-0.3, -0.25) is 13.7 Å². The molecule has 11 heteroatoms. The van der Waals surface area contributed by atoms with Crippen molar-refractivity contribution >= 4 is 25.8 Å². The topological polar surface area (TPSA) is 166 Å². The van der Waals surface area contributed by atoms with Gasteiger partial charge in [0.25, 0.3) is 0 Å². The van der Waals surface area contributed by atoms with E-state index in [1.54, 1.807) is 0 Å².